The zero-order chi connectivity index (χ0) is 15.7. The highest BCUT2D eigenvalue weighted by atomic mass is 16.4. The molecule has 1 aliphatic heterocycles. The molecule has 0 spiro atoms. The zero-order valence-electron chi connectivity index (χ0n) is 12.0. The Bertz CT molecular complexity index is 709. The maximum absolute atomic E-state index is 12.3. The molecular weight excluding hydrogens is 284 g/mol. The van der Waals surface area contributed by atoms with Crippen LogP contribution in [0.2, 0.25) is 0 Å². The number of hydrogen-bond donors (Lipinski definition) is 3. The smallest absolute Gasteiger partial charge is 0.326 e. The number of benzene rings is 1. The maximum Gasteiger partial charge on any atom is 0.326 e. The molecular formula is C16H18N2O4. The number of carboxylic acids is 1. The Morgan fingerprint density at radius 3 is 2.86 bits per heavy atom. The number of β-amino-alcohol motifs (C(OH)–C–C–N with tert-alkyl or cyclic N) is 1. The van der Waals surface area contributed by atoms with Gasteiger partial charge in [-0.15, -0.1) is 0 Å². The van der Waals surface area contributed by atoms with Crippen molar-refractivity contribution in [2.75, 3.05) is 6.54 Å². The number of likely N-dealkylation sites (tertiary alicyclic amines) is 1. The third kappa shape index (κ3) is 2.69. The Hall–Kier alpha value is -2.34. The van der Waals surface area contributed by atoms with Gasteiger partial charge in [0.05, 0.1) is 6.10 Å². The lowest BCUT2D eigenvalue weighted by Gasteiger charge is -2.21. The van der Waals surface area contributed by atoms with E-state index in [2.05, 4.69) is 4.98 Å². The van der Waals surface area contributed by atoms with Crippen molar-refractivity contribution in [3.05, 3.63) is 36.0 Å². The van der Waals surface area contributed by atoms with Crippen LogP contribution in [0.4, 0.5) is 0 Å². The molecule has 6 nitrogen and oxygen atoms in total. The van der Waals surface area contributed by atoms with Crippen LogP contribution in [-0.4, -0.2) is 50.7 Å². The summed E-state index contributed by atoms with van der Waals surface area (Å²) in [6, 6.07) is 6.93. The highest BCUT2D eigenvalue weighted by Gasteiger charge is 2.38. The van der Waals surface area contributed by atoms with Crippen LogP contribution >= 0.6 is 0 Å². The van der Waals surface area contributed by atoms with Crippen LogP contribution in [0.3, 0.4) is 0 Å². The Morgan fingerprint density at radius 1 is 1.32 bits per heavy atom. The van der Waals surface area contributed by atoms with Gasteiger partial charge in [-0.2, -0.15) is 0 Å². The number of nitrogens with one attached hydrogen (secondary N) is 1. The van der Waals surface area contributed by atoms with E-state index in [1.54, 1.807) is 0 Å². The van der Waals surface area contributed by atoms with Gasteiger partial charge in [-0.3, -0.25) is 4.79 Å². The van der Waals surface area contributed by atoms with Crippen LogP contribution < -0.4 is 0 Å². The molecule has 0 aliphatic carbocycles. The highest BCUT2D eigenvalue weighted by molar-refractivity contribution is 5.86. The van der Waals surface area contributed by atoms with Crippen LogP contribution in [0.25, 0.3) is 10.9 Å². The zero-order valence-corrected chi connectivity index (χ0v) is 12.0. The Labute approximate surface area is 127 Å². The van der Waals surface area contributed by atoms with Crippen molar-refractivity contribution in [2.24, 2.45) is 0 Å². The number of hydrogen-bond acceptors (Lipinski definition) is 3. The Morgan fingerprint density at radius 2 is 2.09 bits per heavy atom. The van der Waals surface area contributed by atoms with E-state index in [4.69, 9.17) is 5.11 Å². The van der Waals surface area contributed by atoms with Crippen molar-refractivity contribution in [3.8, 4) is 0 Å². The first-order valence-electron chi connectivity index (χ1n) is 7.31. The molecule has 1 aliphatic rings. The number of aliphatic hydroxyl groups excluding tert-OH is 1. The van der Waals surface area contributed by atoms with Gasteiger partial charge in [-0.05, 0) is 18.1 Å². The average Bonchev–Trinajstić information content (AvgIpc) is 3.08. The van der Waals surface area contributed by atoms with Gasteiger partial charge in [0.25, 0.3) is 0 Å². The van der Waals surface area contributed by atoms with Gasteiger partial charge in [-0.1, -0.05) is 18.2 Å². The van der Waals surface area contributed by atoms with Crippen molar-refractivity contribution in [2.45, 2.75) is 31.4 Å². The summed E-state index contributed by atoms with van der Waals surface area (Å²) in [4.78, 5) is 27.9. The van der Waals surface area contributed by atoms with Crippen LogP contribution in [0.15, 0.2) is 30.5 Å². The maximum atomic E-state index is 12.3. The summed E-state index contributed by atoms with van der Waals surface area (Å²) in [5, 5.41) is 19.8. The van der Waals surface area contributed by atoms with Crippen LogP contribution in [0.1, 0.15) is 18.4 Å². The van der Waals surface area contributed by atoms with E-state index in [-0.39, 0.29) is 25.3 Å². The number of aryl methyl sites for hydroxylation is 1. The minimum atomic E-state index is -1.06. The molecule has 2 heterocycles. The summed E-state index contributed by atoms with van der Waals surface area (Å²) in [5.41, 5.74) is 2.06. The largest absolute Gasteiger partial charge is 0.480 e. The molecule has 2 atom stereocenters. The fourth-order valence-corrected chi connectivity index (χ4v) is 3.05. The number of carboxylic acid groups (broad SMARTS) is 1. The SMILES string of the molecule is O=C(O)[C@@H]1C[C@@H](O)CN1C(=O)CCc1c[nH]c2ccccc12. The number of rotatable bonds is 4. The lowest BCUT2D eigenvalue weighted by molar-refractivity contribution is -0.148. The minimum absolute atomic E-state index is 0.101. The molecule has 1 aromatic carbocycles. The van der Waals surface area contributed by atoms with Crippen LogP contribution in [0.5, 0.6) is 0 Å². The Kier molecular flexibility index (Phi) is 3.85. The number of para-hydroxylation sites is 1. The first-order valence-corrected chi connectivity index (χ1v) is 7.31. The van der Waals surface area contributed by atoms with E-state index in [0.29, 0.717) is 6.42 Å². The van der Waals surface area contributed by atoms with Crippen LogP contribution in [-0.2, 0) is 16.0 Å². The summed E-state index contributed by atoms with van der Waals surface area (Å²) < 4.78 is 0. The number of carbonyl (C=O) groups is 2. The van der Waals surface area contributed by atoms with Gasteiger partial charge in [0, 0.05) is 36.5 Å². The normalized spacial score (nSPS) is 21.4. The number of aromatic amines is 1. The van der Waals surface area contributed by atoms with Gasteiger partial charge in [0.2, 0.25) is 5.91 Å². The summed E-state index contributed by atoms with van der Waals surface area (Å²) >= 11 is 0. The summed E-state index contributed by atoms with van der Waals surface area (Å²) in [7, 11) is 0. The minimum Gasteiger partial charge on any atom is -0.480 e. The second kappa shape index (κ2) is 5.81. The number of amides is 1. The lowest BCUT2D eigenvalue weighted by atomic mass is 10.1. The van der Waals surface area contributed by atoms with Gasteiger partial charge in [0.1, 0.15) is 6.04 Å². The topological polar surface area (TPSA) is 93.6 Å². The number of fused-ring (bicyclic) bond motifs is 1. The fourth-order valence-electron chi connectivity index (χ4n) is 3.05. The molecule has 3 N–H and O–H groups in total. The first-order chi connectivity index (χ1) is 10.6. The Balaban J connectivity index is 1.68. The summed E-state index contributed by atoms with van der Waals surface area (Å²) in [5.74, 6) is -1.29. The van der Waals surface area contributed by atoms with Gasteiger partial charge in [0.15, 0.2) is 0 Å². The van der Waals surface area contributed by atoms with Crippen molar-refractivity contribution in [3.63, 3.8) is 0 Å². The molecule has 1 fully saturated rings. The number of aliphatic hydroxyl groups is 1. The van der Waals surface area contributed by atoms with Crippen molar-refractivity contribution >= 4 is 22.8 Å². The predicted octanol–water partition coefficient (Wildman–Crippen LogP) is 1.15. The summed E-state index contributed by atoms with van der Waals surface area (Å²) in [6.07, 6.45) is 2.01. The number of carbonyl (C=O) groups excluding carboxylic acids is 1. The van der Waals surface area contributed by atoms with E-state index >= 15 is 0 Å². The molecule has 1 aromatic heterocycles. The first kappa shape index (κ1) is 14.6. The second-order valence-electron chi connectivity index (χ2n) is 5.65. The van der Waals surface area contributed by atoms with Gasteiger partial charge < -0.3 is 20.1 Å². The van der Waals surface area contributed by atoms with Crippen molar-refractivity contribution < 1.29 is 19.8 Å². The lowest BCUT2D eigenvalue weighted by Crippen LogP contribution is -2.40. The molecule has 1 amide bonds. The van der Waals surface area contributed by atoms with E-state index in [1.807, 2.05) is 30.5 Å². The van der Waals surface area contributed by atoms with E-state index in [9.17, 15) is 14.7 Å². The standard InChI is InChI=1S/C16H18N2O4/c19-11-7-14(16(21)22)18(9-11)15(20)6-5-10-8-17-13-4-2-1-3-12(10)13/h1-4,8,11,14,17,19H,5-7,9H2,(H,21,22)/t11-,14+/m1/s1. The molecule has 1 saturated heterocycles. The average molecular weight is 302 g/mol. The third-order valence-corrected chi connectivity index (χ3v) is 4.17. The van der Waals surface area contributed by atoms with Gasteiger partial charge >= 0.3 is 5.97 Å². The number of aromatic nitrogens is 1. The monoisotopic (exact) mass is 302 g/mol. The molecule has 3 rings (SSSR count). The van der Waals surface area contributed by atoms with E-state index < -0.39 is 18.1 Å². The molecule has 6 heteroatoms. The molecule has 0 unspecified atom stereocenters. The predicted molar refractivity (Wildman–Crippen MR) is 80.4 cm³/mol. The summed E-state index contributed by atoms with van der Waals surface area (Å²) in [6.45, 7) is 0.101. The van der Waals surface area contributed by atoms with Gasteiger partial charge in [-0.25, -0.2) is 4.79 Å². The molecule has 116 valence electrons. The number of aliphatic carboxylic acids is 1. The second-order valence-corrected chi connectivity index (χ2v) is 5.65. The molecule has 0 bridgehead atoms. The van der Waals surface area contributed by atoms with Crippen LogP contribution in [0, 0.1) is 0 Å². The number of H-pyrrole nitrogens is 1. The van der Waals surface area contributed by atoms with E-state index in [0.717, 1.165) is 16.5 Å². The third-order valence-electron chi connectivity index (χ3n) is 4.17. The van der Waals surface area contributed by atoms with Crippen molar-refractivity contribution in [1.82, 2.24) is 9.88 Å². The molecule has 2 aromatic rings. The van der Waals surface area contributed by atoms with E-state index in [1.165, 1.54) is 4.90 Å². The highest BCUT2D eigenvalue weighted by Crippen LogP contribution is 2.22. The molecule has 0 saturated carbocycles. The van der Waals surface area contributed by atoms with Crippen molar-refractivity contribution in [1.29, 1.82) is 0 Å². The molecule has 22 heavy (non-hydrogen) atoms. The number of nitrogens with zero attached hydrogens (tertiary/aromatic N) is 1. The fraction of sp³-hybridized carbons (Fsp3) is 0.375. The molecule has 0 radical (unpaired) electrons. The quantitative estimate of drug-likeness (QED) is 0.789.